The monoisotopic (exact) mass is 573 g/mol. The third-order valence-electron chi connectivity index (χ3n) is 1.18. The molecule has 0 spiro atoms. The molecule has 5 aliphatic heterocycles. The summed E-state index contributed by atoms with van der Waals surface area (Å²) in [6, 6.07) is 0. The number of hydrogen-bond acceptors (Lipinski definition) is 20. The molecule has 5 aliphatic rings. The Balaban J connectivity index is 0. The van der Waals surface area contributed by atoms with Crippen molar-refractivity contribution in [2.45, 2.75) is 0 Å². The van der Waals surface area contributed by atoms with E-state index in [9.17, 15) is 25.1 Å². The zero-order chi connectivity index (χ0) is 18.5. The molecule has 0 aromatic rings. The molecular weight excluding hydrogens is 571 g/mol. The maximum atomic E-state index is 9.41. The van der Waals surface area contributed by atoms with Crippen LogP contribution >= 0.6 is 0 Å². The van der Waals surface area contributed by atoms with Crippen LogP contribution in [0.4, 0.5) is 0 Å². The van der Waals surface area contributed by atoms with Gasteiger partial charge in [-0.15, -0.1) is 0 Å². The molecule has 0 N–H and O–H groups in total. The van der Waals surface area contributed by atoms with Gasteiger partial charge in [0, 0.05) is 0 Å². The standard InChI is InChI=1S/5BO4.Ca.Gd/c5*2-1-3-5-4-1;;/q5*-1;+2;+3. The Morgan fingerprint density at radius 1 is 0.333 bits per heavy atom. The first-order valence-electron chi connectivity index (χ1n) is 5.20. The minimum atomic E-state index is -1.41. The van der Waals surface area contributed by atoms with Gasteiger partial charge < -0.3 is 25.1 Å². The van der Waals surface area contributed by atoms with Crippen LogP contribution in [0.2, 0.25) is 0 Å². The zero-order valence-electron chi connectivity index (χ0n) is 12.1. The fourth-order valence-electron chi connectivity index (χ4n) is 0.357. The number of rotatable bonds is 0. The molecular formula is B5CaGdO20. The van der Waals surface area contributed by atoms with Crippen molar-refractivity contribution in [3.8, 4) is 0 Å². The fourth-order valence-corrected chi connectivity index (χ4v) is 0.357. The van der Waals surface area contributed by atoms with Crippen molar-refractivity contribution in [3.05, 3.63) is 0 Å². The van der Waals surface area contributed by atoms with Crippen molar-refractivity contribution in [2.75, 3.05) is 0 Å². The van der Waals surface area contributed by atoms with E-state index < -0.39 is 36.6 Å². The van der Waals surface area contributed by atoms with Gasteiger partial charge in [-0.3, -0.25) is 48.1 Å². The van der Waals surface area contributed by atoms with Crippen LogP contribution in [0.1, 0.15) is 0 Å². The molecule has 0 unspecified atom stereocenters. The summed E-state index contributed by atoms with van der Waals surface area (Å²) in [7, 11) is -7.04. The Morgan fingerprint density at radius 3 is 0.407 bits per heavy atom. The van der Waals surface area contributed by atoms with Gasteiger partial charge in [-0.05, 0) is 0 Å². The summed E-state index contributed by atoms with van der Waals surface area (Å²) in [6.45, 7) is 0. The van der Waals surface area contributed by atoms with Gasteiger partial charge in [-0.2, -0.15) is 0 Å². The van der Waals surface area contributed by atoms with Crippen LogP contribution in [0.25, 0.3) is 0 Å². The van der Waals surface area contributed by atoms with E-state index in [1.54, 1.807) is 0 Å². The van der Waals surface area contributed by atoms with Gasteiger partial charge in [0.1, 0.15) is 0 Å². The van der Waals surface area contributed by atoms with Gasteiger partial charge in [0.15, 0.2) is 0 Å². The largest absolute Gasteiger partial charge is 3.00 e. The van der Waals surface area contributed by atoms with E-state index in [-0.39, 0.29) is 77.7 Å². The summed E-state index contributed by atoms with van der Waals surface area (Å²) in [5, 5.41) is 64.7. The molecule has 5 heterocycles. The fraction of sp³-hybridized carbons (Fsp3) is 0. The van der Waals surface area contributed by atoms with Gasteiger partial charge in [-0.25, -0.2) is 0 Å². The second kappa shape index (κ2) is 20.0. The van der Waals surface area contributed by atoms with Crippen LogP contribution in [0.5, 0.6) is 0 Å². The van der Waals surface area contributed by atoms with E-state index in [0.717, 1.165) is 0 Å². The van der Waals surface area contributed by atoms with Crippen molar-refractivity contribution < 1.29 is 138 Å². The minimum absolute atomic E-state index is 0. The Morgan fingerprint density at radius 2 is 0.407 bits per heavy atom. The minimum Gasteiger partial charge on any atom is -0.827 e. The van der Waals surface area contributed by atoms with Gasteiger partial charge >= 0.3 is 114 Å². The molecule has 5 rings (SSSR count). The summed E-state index contributed by atoms with van der Waals surface area (Å²) in [5.74, 6) is 0. The van der Waals surface area contributed by atoms with Crippen LogP contribution in [0.15, 0.2) is 0 Å². The molecule has 1 radical (unpaired) electrons. The molecule has 0 bridgehead atoms. The first-order valence-corrected chi connectivity index (χ1v) is 5.20. The van der Waals surface area contributed by atoms with Crippen molar-refractivity contribution >= 4 is 74.3 Å². The molecule has 5 fully saturated rings. The van der Waals surface area contributed by atoms with Gasteiger partial charge in [0.2, 0.25) is 0 Å². The summed E-state index contributed by atoms with van der Waals surface area (Å²) >= 11 is 0. The van der Waals surface area contributed by atoms with E-state index in [4.69, 9.17) is 0 Å². The van der Waals surface area contributed by atoms with Gasteiger partial charge in [0.25, 0.3) is 0 Å². The second-order valence-electron chi connectivity index (χ2n) is 2.75. The quantitative estimate of drug-likeness (QED) is 0.193. The summed E-state index contributed by atoms with van der Waals surface area (Å²) in [5.41, 5.74) is 0. The topological polar surface area (TPSA) is 254 Å². The maximum absolute atomic E-state index is 9.41. The summed E-state index contributed by atoms with van der Waals surface area (Å²) < 4.78 is 0. The van der Waals surface area contributed by atoms with E-state index >= 15 is 0 Å². The average molecular weight is 571 g/mol. The Kier molecular flexibility index (Phi) is 23.2. The molecule has 20 nitrogen and oxygen atoms in total. The molecule has 0 atom stereocenters. The first kappa shape index (κ1) is 31.3. The van der Waals surface area contributed by atoms with Gasteiger partial charge in [-0.1, -0.05) is 25.2 Å². The van der Waals surface area contributed by atoms with Crippen molar-refractivity contribution in [3.63, 3.8) is 0 Å². The molecule has 0 aliphatic carbocycles. The zero-order valence-corrected chi connectivity index (χ0v) is 16.6. The van der Waals surface area contributed by atoms with Crippen LogP contribution in [0.3, 0.4) is 0 Å². The van der Waals surface area contributed by atoms with E-state index in [1.165, 1.54) is 0 Å². The van der Waals surface area contributed by atoms with E-state index in [2.05, 4.69) is 73.2 Å². The molecule has 0 aromatic carbocycles. The molecule has 145 valence electrons. The number of hydrogen-bond donors (Lipinski definition) is 0. The molecule has 5 saturated heterocycles. The summed E-state index contributed by atoms with van der Waals surface area (Å²) in [4.78, 5) is 36.5. The van der Waals surface area contributed by atoms with Crippen LogP contribution in [-0.2, 0) is 73.2 Å². The SMILES string of the molecule is [Ca+2].[Gd+3].[O-]B1OOO1.[O-]B1OOO1.[O-]B1OOO1.[O-]B1OOO1.[O-]B1OOO1. The van der Waals surface area contributed by atoms with E-state index in [1.807, 2.05) is 0 Å². The normalized spacial score (nSPS) is 20.6. The third kappa shape index (κ3) is 18.6. The van der Waals surface area contributed by atoms with Crippen LogP contribution in [0, 0.1) is 39.9 Å². The predicted octanol–water partition coefficient (Wildman–Crippen LogP) is -9.26. The Hall–Kier alpha value is 2.11. The first-order chi connectivity index (χ1) is 12.0. The molecule has 0 saturated carbocycles. The molecule has 27 heteroatoms. The third-order valence-corrected chi connectivity index (χ3v) is 1.18. The smallest absolute Gasteiger partial charge is 0.827 e. The van der Waals surface area contributed by atoms with Gasteiger partial charge in [0.05, 0.1) is 0 Å². The molecule has 0 amide bonds. The van der Waals surface area contributed by atoms with Crippen LogP contribution < -0.4 is 25.1 Å². The predicted molar refractivity (Wildman–Crippen MR) is 50.8 cm³/mol. The average Bonchev–Trinajstić information content (AvgIpc) is 2.47. The van der Waals surface area contributed by atoms with Crippen molar-refractivity contribution in [1.29, 1.82) is 0 Å². The Bertz CT molecular complexity index is 235. The molecule has 0 aromatic heterocycles. The second-order valence-corrected chi connectivity index (χ2v) is 2.75. The van der Waals surface area contributed by atoms with Crippen molar-refractivity contribution in [1.82, 2.24) is 0 Å². The Labute approximate surface area is 210 Å². The summed E-state index contributed by atoms with van der Waals surface area (Å²) in [6.07, 6.45) is 0. The molecule has 27 heavy (non-hydrogen) atoms. The van der Waals surface area contributed by atoms with E-state index in [0.29, 0.717) is 0 Å². The van der Waals surface area contributed by atoms with Crippen LogP contribution in [-0.4, -0.2) is 74.3 Å². The maximum Gasteiger partial charge on any atom is 3.00 e. The van der Waals surface area contributed by atoms with Crippen molar-refractivity contribution in [2.24, 2.45) is 0 Å².